The van der Waals surface area contributed by atoms with Crippen LogP contribution in [0.3, 0.4) is 0 Å². The van der Waals surface area contributed by atoms with Crippen molar-refractivity contribution < 1.29 is 9.90 Å². The van der Waals surface area contributed by atoms with Gasteiger partial charge in [0.15, 0.2) is 0 Å². The van der Waals surface area contributed by atoms with Crippen molar-refractivity contribution in [1.29, 1.82) is 0 Å². The summed E-state index contributed by atoms with van der Waals surface area (Å²) in [6, 6.07) is 1.32. The summed E-state index contributed by atoms with van der Waals surface area (Å²) in [7, 11) is 0. The van der Waals surface area contributed by atoms with Crippen LogP contribution in [0.25, 0.3) is 0 Å². The van der Waals surface area contributed by atoms with E-state index >= 15 is 0 Å². The Morgan fingerprint density at radius 3 is 2.93 bits per heavy atom. The zero-order valence-electron chi connectivity index (χ0n) is 7.33. The van der Waals surface area contributed by atoms with Gasteiger partial charge in [-0.3, -0.25) is 9.78 Å². The molecule has 0 fully saturated rings. The Balaban J connectivity index is 2.65. The maximum Gasteiger partial charge on any atom is 0.253 e. The monoisotopic (exact) mass is 212 g/mol. The molecular weight excluding hydrogens is 204 g/mol. The molecule has 74 valence electrons. The molecule has 0 bridgehead atoms. The van der Waals surface area contributed by atoms with Crippen LogP contribution in [0.15, 0.2) is 30.1 Å². The first kappa shape index (κ1) is 10.5. The Kier molecular flexibility index (Phi) is 3.48. The molecule has 1 amide bonds. The fraction of sp³-hybridized carbons (Fsp3) is 0.111. The molecule has 0 aliphatic carbocycles. The standard InChI is InChI=1S/C9H9ClN2O2/c1-6(10)3-12-9(14)7-2-8(13)5-11-4-7/h2,4-5,13H,1,3H2,(H,12,14). The first-order chi connectivity index (χ1) is 6.59. The van der Waals surface area contributed by atoms with Crippen molar-refractivity contribution in [3.05, 3.63) is 35.6 Å². The first-order valence-electron chi connectivity index (χ1n) is 3.85. The molecule has 0 saturated carbocycles. The SMILES string of the molecule is C=C(Cl)CNC(=O)c1cncc(O)c1. The lowest BCUT2D eigenvalue weighted by Gasteiger charge is -2.03. The number of carbonyl (C=O) groups is 1. The number of halogens is 1. The Morgan fingerprint density at radius 1 is 1.64 bits per heavy atom. The van der Waals surface area contributed by atoms with E-state index in [-0.39, 0.29) is 23.8 Å². The summed E-state index contributed by atoms with van der Waals surface area (Å²) in [6.45, 7) is 3.61. The molecule has 1 aromatic rings. The number of hydrogen-bond donors (Lipinski definition) is 2. The van der Waals surface area contributed by atoms with Crippen LogP contribution >= 0.6 is 11.6 Å². The number of aromatic hydroxyl groups is 1. The zero-order valence-corrected chi connectivity index (χ0v) is 8.08. The van der Waals surface area contributed by atoms with Crippen LogP contribution in [-0.4, -0.2) is 22.5 Å². The highest BCUT2D eigenvalue weighted by atomic mass is 35.5. The maximum atomic E-state index is 11.3. The van der Waals surface area contributed by atoms with E-state index in [0.717, 1.165) is 0 Å². The largest absolute Gasteiger partial charge is 0.506 e. The van der Waals surface area contributed by atoms with Gasteiger partial charge in [-0.1, -0.05) is 18.2 Å². The number of nitrogens with zero attached hydrogens (tertiary/aromatic N) is 1. The van der Waals surface area contributed by atoms with Crippen molar-refractivity contribution in [2.24, 2.45) is 0 Å². The van der Waals surface area contributed by atoms with Gasteiger partial charge in [0.1, 0.15) is 5.75 Å². The number of carbonyl (C=O) groups excluding carboxylic acids is 1. The van der Waals surface area contributed by atoms with E-state index in [1.807, 2.05) is 0 Å². The normalized spacial score (nSPS) is 9.50. The van der Waals surface area contributed by atoms with Crippen LogP contribution < -0.4 is 5.32 Å². The molecule has 1 rings (SSSR count). The molecule has 0 aliphatic heterocycles. The summed E-state index contributed by atoms with van der Waals surface area (Å²) in [6.07, 6.45) is 2.60. The Hall–Kier alpha value is -1.55. The lowest BCUT2D eigenvalue weighted by molar-refractivity contribution is 0.0957. The van der Waals surface area contributed by atoms with E-state index in [0.29, 0.717) is 5.03 Å². The Bertz CT molecular complexity index is 366. The van der Waals surface area contributed by atoms with Gasteiger partial charge in [0, 0.05) is 11.2 Å². The molecule has 0 aromatic carbocycles. The van der Waals surface area contributed by atoms with Crippen molar-refractivity contribution in [3.8, 4) is 5.75 Å². The molecule has 14 heavy (non-hydrogen) atoms. The van der Waals surface area contributed by atoms with Crippen molar-refractivity contribution in [2.45, 2.75) is 0 Å². The second kappa shape index (κ2) is 4.62. The fourth-order valence-corrected chi connectivity index (χ4v) is 0.897. The predicted octanol–water partition coefficient (Wildman–Crippen LogP) is 1.27. The molecule has 0 saturated heterocycles. The number of pyridine rings is 1. The first-order valence-corrected chi connectivity index (χ1v) is 4.23. The minimum Gasteiger partial charge on any atom is -0.506 e. The molecule has 0 atom stereocenters. The molecule has 2 N–H and O–H groups in total. The number of hydrogen-bond acceptors (Lipinski definition) is 3. The Morgan fingerprint density at radius 2 is 2.36 bits per heavy atom. The van der Waals surface area contributed by atoms with Gasteiger partial charge < -0.3 is 10.4 Å². The summed E-state index contributed by atoms with van der Waals surface area (Å²) in [5, 5.41) is 11.9. The number of amides is 1. The lowest BCUT2D eigenvalue weighted by Crippen LogP contribution is -2.24. The van der Waals surface area contributed by atoms with Gasteiger partial charge >= 0.3 is 0 Å². The zero-order chi connectivity index (χ0) is 10.6. The van der Waals surface area contributed by atoms with Gasteiger partial charge in [-0.25, -0.2) is 0 Å². The summed E-state index contributed by atoms with van der Waals surface area (Å²) in [5.74, 6) is -0.405. The highest BCUT2D eigenvalue weighted by Crippen LogP contribution is 2.08. The summed E-state index contributed by atoms with van der Waals surface area (Å²) < 4.78 is 0. The average molecular weight is 213 g/mol. The molecule has 5 heteroatoms. The molecule has 4 nitrogen and oxygen atoms in total. The topological polar surface area (TPSA) is 62.2 Å². The Labute approximate surface area is 86.2 Å². The summed E-state index contributed by atoms with van der Waals surface area (Å²) in [5.41, 5.74) is 0.280. The van der Waals surface area contributed by atoms with Crippen LogP contribution in [0.4, 0.5) is 0 Å². The van der Waals surface area contributed by atoms with Crippen molar-refractivity contribution in [2.75, 3.05) is 6.54 Å². The van der Waals surface area contributed by atoms with Gasteiger partial charge in [-0.05, 0) is 6.07 Å². The second-order valence-electron chi connectivity index (χ2n) is 2.63. The highest BCUT2D eigenvalue weighted by Gasteiger charge is 2.05. The molecule has 1 aromatic heterocycles. The molecule has 1 heterocycles. The second-order valence-corrected chi connectivity index (χ2v) is 3.17. The smallest absolute Gasteiger partial charge is 0.253 e. The average Bonchev–Trinajstić information content (AvgIpc) is 2.14. The van der Waals surface area contributed by atoms with E-state index < -0.39 is 0 Å². The molecular formula is C9H9ClN2O2. The third-order valence-corrected chi connectivity index (χ3v) is 1.56. The van der Waals surface area contributed by atoms with Crippen LogP contribution in [-0.2, 0) is 0 Å². The molecule has 0 radical (unpaired) electrons. The van der Waals surface area contributed by atoms with E-state index in [2.05, 4.69) is 16.9 Å². The predicted molar refractivity (Wildman–Crippen MR) is 53.2 cm³/mol. The van der Waals surface area contributed by atoms with Crippen LogP contribution in [0.2, 0.25) is 0 Å². The molecule has 0 spiro atoms. The van der Waals surface area contributed by atoms with Gasteiger partial charge in [-0.2, -0.15) is 0 Å². The van der Waals surface area contributed by atoms with E-state index in [1.165, 1.54) is 18.5 Å². The van der Waals surface area contributed by atoms with Crippen LogP contribution in [0, 0.1) is 0 Å². The molecule has 0 unspecified atom stereocenters. The fourth-order valence-electron chi connectivity index (χ4n) is 0.830. The van der Waals surface area contributed by atoms with E-state index in [1.54, 1.807) is 0 Å². The van der Waals surface area contributed by atoms with Gasteiger partial charge in [0.25, 0.3) is 5.91 Å². The van der Waals surface area contributed by atoms with Crippen LogP contribution in [0.5, 0.6) is 5.75 Å². The number of rotatable bonds is 3. The highest BCUT2D eigenvalue weighted by molar-refractivity contribution is 6.29. The minimum absolute atomic E-state index is 0.0534. The lowest BCUT2D eigenvalue weighted by atomic mass is 10.2. The van der Waals surface area contributed by atoms with Gasteiger partial charge in [0.05, 0.1) is 18.3 Å². The molecule has 0 aliphatic rings. The van der Waals surface area contributed by atoms with E-state index in [4.69, 9.17) is 16.7 Å². The number of nitrogens with one attached hydrogen (secondary N) is 1. The van der Waals surface area contributed by atoms with E-state index in [9.17, 15) is 4.79 Å². The van der Waals surface area contributed by atoms with Crippen molar-refractivity contribution >= 4 is 17.5 Å². The van der Waals surface area contributed by atoms with Crippen molar-refractivity contribution in [1.82, 2.24) is 10.3 Å². The summed E-state index contributed by atoms with van der Waals surface area (Å²) in [4.78, 5) is 15.0. The third kappa shape index (κ3) is 3.06. The van der Waals surface area contributed by atoms with Gasteiger partial charge in [-0.15, -0.1) is 0 Å². The minimum atomic E-state index is -0.352. The quantitative estimate of drug-likeness (QED) is 0.793. The summed E-state index contributed by atoms with van der Waals surface area (Å²) >= 11 is 5.47. The van der Waals surface area contributed by atoms with Crippen LogP contribution in [0.1, 0.15) is 10.4 Å². The third-order valence-electron chi connectivity index (χ3n) is 1.43. The van der Waals surface area contributed by atoms with Crippen molar-refractivity contribution in [3.63, 3.8) is 0 Å². The van der Waals surface area contributed by atoms with Gasteiger partial charge in [0.2, 0.25) is 0 Å². The number of aromatic nitrogens is 1. The maximum absolute atomic E-state index is 11.3.